The van der Waals surface area contributed by atoms with Gasteiger partial charge in [0.25, 0.3) is 0 Å². The van der Waals surface area contributed by atoms with Crippen molar-refractivity contribution in [3.63, 3.8) is 0 Å². The minimum atomic E-state index is 0.338. The van der Waals surface area contributed by atoms with E-state index in [1.807, 2.05) is 19.1 Å². The third-order valence-corrected chi connectivity index (χ3v) is 2.60. The van der Waals surface area contributed by atoms with Crippen LogP contribution in [0.3, 0.4) is 0 Å². The van der Waals surface area contributed by atoms with Crippen molar-refractivity contribution in [1.82, 2.24) is 0 Å². The van der Waals surface area contributed by atoms with E-state index >= 15 is 0 Å². The number of hydrogen-bond acceptors (Lipinski definition) is 4. The van der Waals surface area contributed by atoms with Crippen LogP contribution in [0, 0.1) is 29.6 Å². The third-order valence-electron chi connectivity index (χ3n) is 2.60. The standard InChI is InChI=1S/C15H11N3O/c1-10-2-3-11(8-16)15(6-10)19-14-5-4-13(18)7-12(14)9-17/h2-7H,18H2,1H3. The van der Waals surface area contributed by atoms with E-state index in [1.165, 1.54) is 6.07 Å². The zero-order valence-corrected chi connectivity index (χ0v) is 10.3. The van der Waals surface area contributed by atoms with Crippen LogP contribution >= 0.6 is 0 Å². The summed E-state index contributed by atoms with van der Waals surface area (Å²) in [7, 11) is 0. The highest BCUT2D eigenvalue weighted by molar-refractivity contribution is 5.55. The largest absolute Gasteiger partial charge is 0.455 e. The molecule has 2 N–H and O–H groups in total. The summed E-state index contributed by atoms with van der Waals surface area (Å²) in [5.41, 5.74) is 7.85. The number of benzene rings is 2. The third kappa shape index (κ3) is 2.65. The van der Waals surface area contributed by atoms with Crippen molar-refractivity contribution in [1.29, 1.82) is 10.5 Å². The van der Waals surface area contributed by atoms with E-state index in [0.717, 1.165) is 5.56 Å². The van der Waals surface area contributed by atoms with Gasteiger partial charge >= 0.3 is 0 Å². The molecular formula is C15H11N3O. The molecule has 0 bridgehead atoms. The van der Waals surface area contributed by atoms with Gasteiger partial charge < -0.3 is 10.5 Å². The molecule has 0 aliphatic heterocycles. The molecule has 4 heteroatoms. The summed E-state index contributed by atoms with van der Waals surface area (Å²) in [5, 5.41) is 18.1. The van der Waals surface area contributed by atoms with Crippen molar-refractivity contribution in [3.8, 4) is 23.6 Å². The molecule has 0 amide bonds. The average molecular weight is 249 g/mol. The van der Waals surface area contributed by atoms with E-state index in [-0.39, 0.29) is 0 Å². The van der Waals surface area contributed by atoms with Crippen molar-refractivity contribution in [3.05, 3.63) is 53.1 Å². The van der Waals surface area contributed by atoms with Crippen LogP contribution in [0.1, 0.15) is 16.7 Å². The van der Waals surface area contributed by atoms with Crippen LogP contribution in [-0.2, 0) is 0 Å². The highest BCUT2D eigenvalue weighted by atomic mass is 16.5. The second-order valence-corrected chi connectivity index (χ2v) is 4.08. The topological polar surface area (TPSA) is 82.8 Å². The first-order chi connectivity index (χ1) is 9.13. The molecule has 0 aromatic heterocycles. The highest BCUT2D eigenvalue weighted by Crippen LogP contribution is 2.29. The first kappa shape index (κ1) is 12.5. The van der Waals surface area contributed by atoms with Crippen molar-refractivity contribution >= 4 is 5.69 Å². The summed E-state index contributed by atoms with van der Waals surface area (Å²) in [5.74, 6) is 0.822. The molecule has 2 aromatic carbocycles. The number of nitrogens with zero attached hydrogens (tertiary/aromatic N) is 2. The number of hydrogen-bond donors (Lipinski definition) is 1. The molecule has 0 unspecified atom stereocenters. The first-order valence-corrected chi connectivity index (χ1v) is 5.62. The number of ether oxygens (including phenoxy) is 1. The van der Waals surface area contributed by atoms with Gasteiger partial charge in [0.2, 0.25) is 0 Å². The summed E-state index contributed by atoms with van der Waals surface area (Å²) in [6.45, 7) is 1.90. The summed E-state index contributed by atoms with van der Waals surface area (Å²) in [4.78, 5) is 0. The van der Waals surface area contributed by atoms with Gasteiger partial charge in [0.15, 0.2) is 0 Å². The first-order valence-electron chi connectivity index (χ1n) is 5.62. The predicted octanol–water partition coefficient (Wildman–Crippen LogP) is 3.11. The fourth-order valence-electron chi connectivity index (χ4n) is 1.65. The van der Waals surface area contributed by atoms with Gasteiger partial charge in [0.05, 0.1) is 11.1 Å². The molecule has 0 fully saturated rings. The summed E-state index contributed by atoms with van der Waals surface area (Å²) < 4.78 is 5.66. The Balaban J connectivity index is 2.45. The molecular weight excluding hydrogens is 238 g/mol. The molecule has 19 heavy (non-hydrogen) atoms. The Hall–Kier alpha value is -2.98. The summed E-state index contributed by atoms with van der Waals surface area (Å²) in [6.07, 6.45) is 0. The minimum absolute atomic E-state index is 0.338. The lowest BCUT2D eigenvalue weighted by Gasteiger charge is -2.10. The van der Waals surface area contributed by atoms with Crippen LogP contribution in [0.5, 0.6) is 11.5 Å². The lowest BCUT2D eigenvalue weighted by Crippen LogP contribution is -1.93. The Bertz CT molecular complexity index is 708. The van der Waals surface area contributed by atoms with Gasteiger partial charge in [-0.2, -0.15) is 10.5 Å². The van der Waals surface area contributed by atoms with Gasteiger partial charge in [0, 0.05) is 5.69 Å². The zero-order valence-electron chi connectivity index (χ0n) is 10.3. The van der Waals surface area contributed by atoms with Crippen molar-refractivity contribution < 1.29 is 4.74 Å². The van der Waals surface area contributed by atoms with E-state index < -0.39 is 0 Å². The van der Waals surface area contributed by atoms with E-state index in [2.05, 4.69) is 6.07 Å². The number of nitriles is 2. The van der Waals surface area contributed by atoms with Crippen molar-refractivity contribution in [2.24, 2.45) is 0 Å². The highest BCUT2D eigenvalue weighted by Gasteiger charge is 2.09. The second-order valence-electron chi connectivity index (χ2n) is 4.08. The fourth-order valence-corrected chi connectivity index (χ4v) is 1.65. The van der Waals surface area contributed by atoms with E-state index in [0.29, 0.717) is 28.3 Å². The Morgan fingerprint density at radius 1 is 0.947 bits per heavy atom. The monoisotopic (exact) mass is 249 g/mol. The number of rotatable bonds is 2. The van der Waals surface area contributed by atoms with Crippen LogP contribution < -0.4 is 10.5 Å². The second kappa shape index (κ2) is 5.12. The minimum Gasteiger partial charge on any atom is -0.455 e. The number of nitrogens with two attached hydrogens (primary N) is 1. The van der Waals surface area contributed by atoms with E-state index in [1.54, 1.807) is 24.3 Å². The summed E-state index contributed by atoms with van der Waals surface area (Å²) in [6, 6.07) is 14.2. The number of anilines is 1. The summed E-state index contributed by atoms with van der Waals surface area (Å²) >= 11 is 0. The molecule has 92 valence electrons. The molecule has 2 rings (SSSR count). The quantitative estimate of drug-likeness (QED) is 0.829. The SMILES string of the molecule is Cc1ccc(C#N)c(Oc2ccc(N)cc2C#N)c1. The van der Waals surface area contributed by atoms with E-state index in [9.17, 15) is 0 Å². The molecule has 0 atom stereocenters. The zero-order chi connectivity index (χ0) is 13.8. The predicted molar refractivity (Wildman–Crippen MR) is 71.5 cm³/mol. The van der Waals surface area contributed by atoms with E-state index in [4.69, 9.17) is 21.0 Å². The maximum Gasteiger partial charge on any atom is 0.145 e. The van der Waals surface area contributed by atoms with Crippen molar-refractivity contribution in [2.75, 3.05) is 5.73 Å². The van der Waals surface area contributed by atoms with Gasteiger partial charge in [-0.15, -0.1) is 0 Å². The molecule has 0 heterocycles. The smallest absolute Gasteiger partial charge is 0.145 e. The Morgan fingerprint density at radius 3 is 2.37 bits per heavy atom. The lowest BCUT2D eigenvalue weighted by atomic mass is 10.1. The van der Waals surface area contributed by atoms with Crippen LogP contribution in [-0.4, -0.2) is 0 Å². The van der Waals surface area contributed by atoms with Gasteiger partial charge in [0.1, 0.15) is 23.6 Å². The van der Waals surface area contributed by atoms with Crippen LogP contribution in [0.25, 0.3) is 0 Å². The molecule has 0 saturated heterocycles. The number of aryl methyl sites for hydroxylation is 1. The molecule has 0 aliphatic carbocycles. The normalized spacial score (nSPS) is 9.42. The molecule has 0 saturated carbocycles. The van der Waals surface area contributed by atoms with Gasteiger partial charge in [-0.05, 0) is 42.8 Å². The van der Waals surface area contributed by atoms with Gasteiger partial charge in [-0.3, -0.25) is 0 Å². The fraction of sp³-hybridized carbons (Fsp3) is 0.0667. The van der Waals surface area contributed by atoms with Gasteiger partial charge in [-0.1, -0.05) is 6.07 Å². The van der Waals surface area contributed by atoms with Crippen molar-refractivity contribution in [2.45, 2.75) is 6.92 Å². The molecule has 4 nitrogen and oxygen atoms in total. The Kier molecular flexibility index (Phi) is 3.36. The number of nitrogen functional groups attached to an aromatic ring is 1. The van der Waals surface area contributed by atoms with Gasteiger partial charge in [-0.25, -0.2) is 0 Å². The Labute approximate surface area is 111 Å². The molecule has 0 spiro atoms. The average Bonchev–Trinajstić information content (AvgIpc) is 2.41. The molecule has 0 radical (unpaired) electrons. The van der Waals surface area contributed by atoms with Crippen LogP contribution in [0.4, 0.5) is 5.69 Å². The lowest BCUT2D eigenvalue weighted by molar-refractivity contribution is 0.479. The van der Waals surface area contributed by atoms with Crippen LogP contribution in [0.15, 0.2) is 36.4 Å². The molecule has 0 aliphatic rings. The maximum atomic E-state index is 9.05. The Morgan fingerprint density at radius 2 is 1.68 bits per heavy atom. The molecule has 2 aromatic rings. The van der Waals surface area contributed by atoms with Crippen LogP contribution in [0.2, 0.25) is 0 Å². The maximum absolute atomic E-state index is 9.05.